The fraction of sp³-hybridized carbons (Fsp3) is 0.325. The van der Waals surface area contributed by atoms with Crippen molar-refractivity contribution in [3.63, 3.8) is 0 Å². The van der Waals surface area contributed by atoms with Crippen LogP contribution in [0.15, 0.2) is 176 Å². The van der Waals surface area contributed by atoms with Gasteiger partial charge in [0.1, 0.15) is 0 Å². The minimum atomic E-state index is -0.197. The van der Waals surface area contributed by atoms with Crippen molar-refractivity contribution in [2.45, 2.75) is 169 Å². The van der Waals surface area contributed by atoms with Gasteiger partial charge in [0, 0.05) is 62.0 Å². The van der Waals surface area contributed by atoms with Gasteiger partial charge in [-0.2, -0.15) is 0 Å². The summed E-state index contributed by atoms with van der Waals surface area (Å²) in [7, 11) is 0. The van der Waals surface area contributed by atoms with Crippen LogP contribution in [0.3, 0.4) is 0 Å². The van der Waals surface area contributed by atoms with Crippen LogP contribution in [0.2, 0.25) is 0 Å². The molecule has 2 aliphatic carbocycles. The summed E-state index contributed by atoms with van der Waals surface area (Å²) in [6.07, 6.45) is 0. The third kappa shape index (κ3) is 8.73. The topological polar surface area (TPSA) is 9.72 Å². The molecule has 4 heteroatoms. The SMILES string of the molecule is CC(C)(C)c1ccc(N(c2ccc(C(C)(C)C)cc2)c2ccc3c(c2)N(c2ccc4c(c2)C(C)(C)c2ccccc2-4)c2cc(C(C)(C)C)cc4c2B3c2cc(C(C)(C)C)ccc2N4c2ccc3c(c2)C(C)(C)c2cc(C(C)(C)C)ccc2-3)cc1. The third-order valence-corrected chi connectivity index (χ3v) is 19.6. The van der Waals surface area contributed by atoms with Crippen molar-refractivity contribution in [3.8, 4) is 22.3 Å². The van der Waals surface area contributed by atoms with Crippen molar-refractivity contribution in [2.75, 3.05) is 14.7 Å². The molecule has 9 aromatic rings. The number of hydrogen-bond donors (Lipinski definition) is 0. The highest BCUT2D eigenvalue weighted by molar-refractivity contribution is 7.00. The average Bonchev–Trinajstić information content (AvgIpc) is 0.865. The standard InChI is InChI=1S/C80H86BN3/c1-74(2,3)49-24-30-54(31-25-49)82(55-32-26-50(27-33-55)75(4,5)6)58-36-40-67-70(48-58)84(57-35-38-61-59-22-20-21-23-63(59)79(16,17)65(61)47-57)72-45-53(78(13,14)15)44-71-73(72)81(67)68-43-52(77(10,11)12)29-41-69(68)83(71)56-34-39-62-60-37-28-51(76(7,8)9)42-64(60)80(18,19)66(62)46-56/h20-48H,1-19H3. The summed E-state index contributed by atoms with van der Waals surface area (Å²) in [5, 5.41) is 0. The molecule has 3 nitrogen and oxygen atoms in total. The van der Waals surface area contributed by atoms with E-state index in [1.54, 1.807) is 0 Å². The molecule has 0 fully saturated rings. The summed E-state index contributed by atoms with van der Waals surface area (Å²) in [5.74, 6) is 0. The number of fused-ring (bicyclic) bond motifs is 10. The van der Waals surface area contributed by atoms with Crippen LogP contribution in [0.4, 0.5) is 51.2 Å². The minimum Gasteiger partial charge on any atom is -0.311 e. The molecule has 0 saturated carbocycles. The van der Waals surface area contributed by atoms with Gasteiger partial charge < -0.3 is 14.7 Å². The highest BCUT2D eigenvalue weighted by Crippen LogP contribution is 2.55. The van der Waals surface area contributed by atoms with Crippen LogP contribution in [0.25, 0.3) is 22.3 Å². The Balaban J connectivity index is 1.10. The maximum atomic E-state index is 2.67. The Bertz CT molecular complexity index is 4100. The highest BCUT2D eigenvalue weighted by Gasteiger charge is 2.47. The van der Waals surface area contributed by atoms with Gasteiger partial charge in [0.05, 0.1) is 0 Å². The Labute approximate surface area is 503 Å². The molecular weight excluding hydrogens is 1010 g/mol. The quantitative estimate of drug-likeness (QED) is 0.159. The smallest absolute Gasteiger partial charge is 0.252 e. The molecule has 0 unspecified atom stereocenters. The molecule has 0 aromatic heterocycles. The molecule has 0 atom stereocenters. The van der Waals surface area contributed by atoms with Crippen molar-refractivity contribution in [1.29, 1.82) is 0 Å². The van der Waals surface area contributed by atoms with E-state index >= 15 is 0 Å². The lowest BCUT2D eigenvalue weighted by atomic mass is 9.33. The van der Waals surface area contributed by atoms with Gasteiger partial charge in [-0.25, -0.2) is 0 Å². The molecule has 9 aromatic carbocycles. The van der Waals surface area contributed by atoms with Crippen LogP contribution in [0.1, 0.15) is 182 Å². The second kappa shape index (κ2) is 18.5. The maximum Gasteiger partial charge on any atom is 0.252 e. The molecule has 0 bridgehead atoms. The Morgan fingerprint density at radius 2 is 0.714 bits per heavy atom. The molecule has 0 N–H and O–H groups in total. The van der Waals surface area contributed by atoms with E-state index in [1.807, 2.05) is 0 Å². The van der Waals surface area contributed by atoms with Crippen LogP contribution < -0.4 is 31.1 Å². The largest absolute Gasteiger partial charge is 0.311 e. The summed E-state index contributed by atoms with van der Waals surface area (Å²) < 4.78 is 0. The zero-order chi connectivity index (χ0) is 59.7. The van der Waals surface area contributed by atoms with Gasteiger partial charge in [-0.1, -0.05) is 229 Å². The lowest BCUT2D eigenvalue weighted by molar-refractivity contribution is 0.584. The number of rotatable bonds is 5. The zero-order valence-electron chi connectivity index (χ0n) is 53.7. The molecule has 2 heterocycles. The van der Waals surface area contributed by atoms with Gasteiger partial charge >= 0.3 is 0 Å². The first kappa shape index (κ1) is 55.6. The monoisotopic (exact) mass is 1100 g/mol. The first-order valence-electron chi connectivity index (χ1n) is 30.9. The predicted molar refractivity (Wildman–Crippen MR) is 364 cm³/mol. The molecule has 4 aliphatic rings. The number of anilines is 9. The van der Waals surface area contributed by atoms with E-state index in [4.69, 9.17) is 0 Å². The van der Waals surface area contributed by atoms with Crippen molar-refractivity contribution < 1.29 is 0 Å². The average molecular weight is 1100 g/mol. The predicted octanol–water partition coefficient (Wildman–Crippen LogP) is 20.3. The Kier molecular flexibility index (Phi) is 12.2. The van der Waals surface area contributed by atoms with E-state index in [9.17, 15) is 0 Å². The van der Waals surface area contributed by atoms with E-state index < -0.39 is 0 Å². The zero-order valence-corrected chi connectivity index (χ0v) is 53.7. The molecule has 0 spiro atoms. The molecule has 0 saturated heterocycles. The second-order valence-corrected chi connectivity index (χ2v) is 31.2. The number of nitrogens with zero attached hydrogens (tertiary/aromatic N) is 3. The van der Waals surface area contributed by atoms with Gasteiger partial charge in [0.2, 0.25) is 0 Å². The molecule has 0 radical (unpaired) electrons. The van der Waals surface area contributed by atoms with E-state index in [-0.39, 0.29) is 44.6 Å². The van der Waals surface area contributed by atoms with Crippen molar-refractivity contribution >= 4 is 74.3 Å². The van der Waals surface area contributed by atoms with Crippen LogP contribution >= 0.6 is 0 Å². The summed E-state index contributed by atoms with van der Waals surface area (Å²) in [5.41, 5.74) is 31.6. The minimum absolute atomic E-state index is 0.0200. The summed E-state index contributed by atoms with van der Waals surface area (Å²) in [6.45, 7) is 44.7. The van der Waals surface area contributed by atoms with E-state index in [0.29, 0.717) is 0 Å². The van der Waals surface area contributed by atoms with Crippen molar-refractivity contribution in [1.82, 2.24) is 0 Å². The fourth-order valence-corrected chi connectivity index (χ4v) is 14.4. The Morgan fingerprint density at radius 3 is 1.23 bits per heavy atom. The molecule has 84 heavy (non-hydrogen) atoms. The van der Waals surface area contributed by atoms with Gasteiger partial charge in [0.15, 0.2) is 0 Å². The lowest BCUT2D eigenvalue weighted by Gasteiger charge is -2.46. The van der Waals surface area contributed by atoms with E-state index in [1.165, 1.54) is 123 Å². The number of hydrogen-bond acceptors (Lipinski definition) is 3. The van der Waals surface area contributed by atoms with Crippen LogP contribution in [-0.2, 0) is 37.9 Å². The number of benzene rings is 9. The van der Waals surface area contributed by atoms with Gasteiger partial charge in [-0.15, -0.1) is 0 Å². The molecular formula is C80H86BN3. The first-order valence-corrected chi connectivity index (χ1v) is 30.9. The van der Waals surface area contributed by atoms with Crippen LogP contribution in [-0.4, -0.2) is 6.71 Å². The van der Waals surface area contributed by atoms with Crippen LogP contribution in [0.5, 0.6) is 0 Å². The Hall–Kier alpha value is -7.56. The van der Waals surface area contributed by atoms with E-state index in [2.05, 4.69) is 322 Å². The van der Waals surface area contributed by atoms with Crippen molar-refractivity contribution in [3.05, 3.63) is 226 Å². The lowest BCUT2D eigenvalue weighted by Crippen LogP contribution is -2.61. The van der Waals surface area contributed by atoms with Gasteiger partial charge in [0.25, 0.3) is 6.71 Å². The molecule has 2 aliphatic heterocycles. The van der Waals surface area contributed by atoms with Crippen molar-refractivity contribution in [2.24, 2.45) is 0 Å². The van der Waals surface area contributed by atoms with Gasteiger partial charge in [-0.05, 0) is 195 Å². The summed E-state index contributed by atoms with van der Waals surface area (Å²) >= 11 is 0. The molecule has 13 rings (SSSR count). The van der Waals surface area contributed by atoms with Crippen LogP contribution in [0, 0.1) is 0 Å². The fourth-order valence-electron chi connectivity index (χ4n) is 14.4. The van der Waals surface area contributed by atoms with E-state index in [0.717, 1.165) is 17.1 Å². The third-order valence-electron chi connectivity index (χ3n) is 19.6. The Morgan fingerprint density at radius 1 is 0.310 bits per heavy atom. The normalized spacial score (nSPS) is 15.4. The molecule has 424 valence electrons. The summed E-state index contributed by atoms with van der Waals surface area (Å²) in [6, 6.07) is 69.6. The van der Waals surface area contributed by atoms with Gasteiger partial charge in [-0.3, -0.25) is 0 Å². The highest BCUT2D eigenvalue weighted by atomic mass is 15.2. The summed E-state index contributed by atoms with van der Waals surface area (Å²) in [4.78, 5) is 7.80. The first-order chi connectivity index (χ1) is 39.3. The second-order valence-electron chi connectivity index (χ2n) is 31.2. The maximum absolute atomic E-state index is 2.67. The molecule has 0 amide bonds.